The van der Waals surface area contributed by atoms with Crippen LogP contribution >= 0.6 is 11.3 Å². The fourth-order valence-corrected chi connectivity index (χ4v) is 2.17. The lowest BCUT2D eigenvalue weighted by Gasteiger charge is -2.02. The lowest BCUT2D eigenvalue weighted by molar-refractivity contribution is 0.617. The fraction of sp³-hybridized carbons (Fsp3) is 0.455. The molecule has 2 N–H and O–H groups in total. The number of H-pyrrole nitrogens is 1. The van der Waals surface area contributed by atoms with Crippen LogP contribution in [0.5, 0.6) is 0 Å². The van der Waals surface area contributed by atoms with Crippen LogP contribution in [0.15, 0.2) is 24.1 Å². The molecule has 86 valence electrons. The molecule has 2 rings (SSSR count). The Bertz CT molecular complexity index is 330. The van der Waals surface area contributed by atoms with E-state index in [2.05, 4.69) is 20.3 Å². The molecule has 0 saturated heterocycles. The van der Waals surface area contributed by atoms with Gasteiger partial charge in [-0.05, 0) is 25.8 Å². The standard InChI is InChI=1S/C11H16N4S/c1(3-11-14-5-6-16-11)2-4-12-7-10-8-13-9-15-10/h5-6,8-9,12H,1-4,7H2,(H,13,15). The Morgan fingerprint density at radius 1 is 1.38 bits per heavy atom. The van der Waals surface area contributed by atoms with Crippen molar-refractivity contribution in [1.29, 1.82) is 0 Å². The Morgan fingerprint density at radius 3 is 3.12 bits per heavy atom. The first-order chi connectivity index (χ1) is 7.95. The highest BCUT2D eigenvalue weighted by Gasteiger charge is 1.96. The molecule has 0 fully saturated rings. The first kappa shape index (κ1) is 11.3. The van der Waals surface area contributed by atoms with Gasteiger partial charge in [0, 0.05) is 30.0 Å². The molecule has 0 radical (unpaired) electrons. The Morgan fingerprint density at radius 2 is 2.38 bits per heavy atom. The molecular weight excluding hydrogens is 220 g/mol. The highest BCUT2D eigenvalue weighted by molar-refractivity contribution is 7.09. The molecule has 16 heavy (non-hydrogen) atoms. The number of aromatic amines is 1. The van der Waals surface area contributed by atoms with Gasteiger partial charge in [0.15, 0.2) is 0 Å². The van der Waals surface area contributed by atoms with E-state index in [1.807, 2.05) is 17.8 Å². The smallest absolute Gasteiger partial charge is 0.0924 e. The van der Waals surface area contributed by atoms with E-state index < -0.39 is 0 Å². The minimum atomic E-state index is 0.872. The summed E-state index contributed by atoms with van der Waals surface area (Å²) >= 11 is 1.74. The predicted octanol–water partition coefficient (Wildman–Crippen LogP) is 1.98. The summed E-state index contributed by atoms with van der Waals surface area (Å²) in [5.41, 5.74) is 1.14. The van der Waals surface area contributed by atoms with E-state index in [-0.39, 0.29) is 0 Å². The van der Waals surface area contributed by atoms with Gasteiger partial charge >= 0.3 is 0 Å². The maximum Gasteiger partial charge on any atom is 0.0924 e. The topological polar surface area (TPSA) is 53.6 Å². The van der Waals surface area contributed by atoms with Gasteiger partial charge in [0.2, 0.25) is 0 Å². The molecule has 5 heteroatoms. The third-order valence-electron chi connectivity index (χ3n) is 2.35. The van der Waals surface area contributed by atoms with Gasteiger partial charge in [-0.1, -0.05) is 0 Å². The zero-order valence-electron chi connectivity index (χ0n) is 9.15. The number of hydrogen-bond acceptors (Lipinski definition) is 4. The lowest BCUT2D eigenvalue weighted by Crippen LogP contribution is -2.14. The van der Waals surface area contributed by atoms with Gasteiger partial charge in [0.25, 0.3) is 0 Å². The van der Waals surface area contributed by atoms with Crippen LogP contribution in [0.1, 0.15) is 23.5 Å². The van der Waals surface area contributed by atoms with Crippen molar-refractivity contribution in [2.24, 2.45) is 0 Å². The molecule has 0 bridgehead atoms. The van der Waals surface area contributed by atoms with Crippen LogP contribution in [0.2, 0.25) is 0 Å². The van der Waals surface area contributed by atoms with E-state index in [0.29, 0.717) is 0 Å². The summed E-state index contributed by atoms with van der Waals surface area (Å²) in [6, 6.07) is 0. The van der Waals surface area contributed by atoms with E-state index in [4.69, 9.17) is 0 Å². The summed E-state index contributed by atoms with van der Waals surface area (Å²) in [7, 11) is 0. The lowest BCUT2D eigenvalue weighted by atomic mass is 10.2. The van der Waals surface area contributed by atoms with Crippen molar-refractivity contribution in [1.82, 2.24) is 20.3 Å². The maximum absolute atomic E-state index is 4.26. The van der Waals surface area contributed by atoms with Crippen LogP contribution in [0.25, 0.3) is 0 Å². The Hall–Kier alpha value is -1.20. The first-order valence-electron chi connectivity index (χ1n) is 5.51. The number of aromatic nitrogens is 3. The zero-order valence-corrected chi connectivity index (χ0v) is 9.96. The number of thiazole rings is 1. The summed E-state index contributed by atoms with van der Waals surface area (Å²) in [5.74, 6) is 0. The van der Waals surface area contributed by atoms with Gasteiger partial charge in [-0.3, -0.25) is 0 Å². The van der Waals surface area contributed by atoms with E-state index in [9.17, 15) is 0 Å². The highest BCUT2D eigenvalue weighted by atomic mass is 32.1. The molecule has 2 heterocycles. The molecule has 2 aromatic heterocycles. The van der Waals surface area contributed by atoms with Gasteiger partial charge < -0.3 is 10.3 Å². The first-order valence-corrected chi connectivity index (χ1v) is 6.39. The van der Waals surface area contributed by atoms with Gasteiger partial charge in [0.1, 0.15) is 0 Å². The Kier molecular flexibility index (Phi) is 4.51. The molecule has 0 unspecified atom stereocenters. The minimum absolute atomic E-state index is 0.872. The second kappa shape index (κ2) is 6.40. The van der Waals surface area contributed by atoms with E-state index in [1.54, 1.807) is 17.7 Å². The van der Waals surface area contributed by atoms with E-state index >= 15 is 0 Å². The molecule has 0 aromatic carbocycles. The average Bonchev–Trinajstić information content (AvgIpc) is 2.96. The van der Waals surface area contributed by atoms with Crippen LogP contribution in [-0.4, -0.2) is 21.5 Å². The van der Waals surface area contributed by atoms with Gasteiger partial charge in [0.05, 0.1) is 11.3 Å². The predicted molar refractivity (Wildman–Crippen MR) is 65.3 cm³/mol. The number of unbranched alkanes of at least 4 members (excludes halogenated alkanes) is 1. The van der Waals surface area contributed by atoms with Crippen LogP contribution < -0.4 is 5.32 Å². The number of nitrogens with one attached hydrogen (secondary N) is 2. The van der Waals surface area contributed by atoms with Crippen molar-refractivity contribution < 1.29 is 0 Å². The van der Waals surface area contributed by atoms with Crippen molar-refractivity contribution in [3.8, 4) is 0 Å². The molecule has 0 aliphatic rings. The number of aryl methyl sites for hydroxylation is 1. The zero-order chi connectivity index (χ0) is 11.1. The van der Waals surface area contributed by atoms with E-state index in [0.717, 1.165) is 25.2 Å². The van der Waals surface area contributed by atoms with Crippen molar-refractivity contribution >= 4 is 11.3 Å². The summed E-state index contributed by atoms with van der Waals surface area (Å²) in [6.07, 6.45) is 8.92. The minimum Gasteiger partial charge on any atom is -0.347 e. The Balaban J connectivity index is 1.49. The Labute approximate surface area is 99.2 Å². The largest absolute Gasteiger partial charge is 0.347 e. The number of nitrogens with zero attached hydrogens (tertiary/aromatic N) is 2. The average molecular weight is 236 g/mol. The molecule has 2 aromatic rings. The van der Waals surface area contributed by atoms with E-state index in [1.165, 1.54) is 17.8 Å². The third-order valence-corrected chi connectivity index (χ3v) is 3.19. The third kappa shape index (κ3) is 3.75. The molecule has 0 aliphatic heterocycles. The molecule has 0 saturated carbocycles. The van der Waals surface area contributed by atoms with Crippen LogP contribution in [0.3, 0.4) is 0 Å². The summed E-state index contributed by atoms with van der Waals surface area (Å²) in [5, 5.41) is 6.66. The van der Waals surface area contributed by atoms with Gasteiger partial charge in [-0.2, -0.15) is 0 Å². The van der Waals surface area contributed by atoms with Crippen LogP contribution in [-0.2, 0) is 13.0 Å². The summed E-state index contributed by atoms with van der Waals surface area (Å²) < 4.78 is 0. The molecule has 0 spiro atoms. The molecule has 0 amide bonds. The molecule has 0 atom stereocenters. The summed E-state index contributed by atoms with van der Waals surface area (Å²) in [4.78, 5) is 11.3. The number of imidazole rings is 1. The molecular formula is C11H16N4S. The molecule has 4 nitrogen and oxygen atoms in total. The summed E-state index contributed by atoms with van der Waals surface area (Å²) in [6.45, 7) is 1.92. The van der Waals surface area contributed by atoms with Crippen LogP contribution in [0, 0.1) is 0 Å². The van der Waals surface area contributed by atoms with Crippen molar-refractivity contribution in [3.63, 3.8) is 0 Å². The monoisotopic (exact) mass is 236 g/mol. The number of rotatable bonds is 7. The van der Waals surface area contributed by atoms with Gasteiger partial charge in [-0.25, -0.2) is 9.97 Å². The van der Waals surface area contributed by atoms with Crippen LogP contribution in [0.4, 0.5) is 0 Å². The quantitative estimate of drug-likeness (QED) is 0.723. The SMILES string of the molecule is c1csc(CCCCNCc2cnc[nH]2)n1. The molecule has 0 aliphatic carbocycles. The van der Waals surface area contributed by atoms with Crippen molar-refractivity contribution in [3.05, 3.63) is 34.8 Å². The van der Waals surface area contributed by atoms with Gasteiger partial charge in [-0.15, -0.1) is 11.3 Å². The second-order valence-electron chi connectivity index (χ2n) is 3.64. The van der Waals surface area contributed by atoms with Crippen molar-refractivity contribution in [2.75, 3.05) is 6.54 Å². The fourth-order valence-electron chi connectivity index (χ4n) is 1.51. The second-order valence-corrected chi connectivity index (χ2v) is 4.62. The van der Waals surface area contributed by atoms with Crippen molar-refractivity contribution in [2.45, 2.75) is 25.8 Å². The number of hydrogen-bond donors (Lipinski definition) is 2. The normalized spacial score (nSPS) is 10.8. The highest BCUT2D eigenvalue weighted by Crippen LogP contribution is 2.07. The maximum atomic E-state index is 4.26.